The van der Waals surface area contributed by atoms with Crippen LogP contribution in [0.3, 0.4) is 0 Å². The molecule has 2 saturated heterocycles. The van der Waals surface area contributed by atoms with Gasteiger partial charge in [-0.25, -0.2) is 0 Å². The number of piperazine rings is 1. The number of nitrogens with zero attached hydrogens (tertiary/aromatic N) is 4. The second-order valence-electron chi connectivity index (χ2n) is 9.22. The second-order valence-corrected chi connectivity index (χ2v) is 9.22. The van der Waals surface area contributed by atoms with Crippen LogP contribution in [0.5, 0.6) is 0 Å². The van der Waals surface area contributed by atoms with Crippen molar-refractivity contribution in [2.24, 2.45) is 4.99 Å². The van der Waals surface area contributed by atoms with Crippen molar-refractivity contribution in [3.8, 4) is 0 Å². The number of rotatable bonds is 9. The van der Waals surface area contributed by atoms with Gasteiger partial charge in [0.15, 0.2) is 5.96 Å². The number of unbranched alkanes of at least 4 members (excludes halogenated alkanes) is 1. The standard InChI is InChI=1S/C23H46N6O/c1-3-27-13-15-28(16-14-27)12-8-7-11-25-22(24-2)26-21-23(9-5-4-6-10-23)29-17-19-30-20-18-29/h3-21H2,1-2H3,(H2,24,25,26). The summed E-state index contributed by atoms with van der Waals surface area (Å²) in [5.74, 6) is 0.963. The van der Waals surface area contributed by atoms with Gasteiger partial charge >= 0.3 is 0 Å². The van der Waals surface area contributed by atoms with E-state index in [0.717, 1.165) is 45.4 Å². The van der Waals surface area contributed by atoms with Crippen molar-refractivity contribution in [2.45, 2.75) is 57.4 Å². The summed E-state index contributed by atoms with van der Waals surface area (Å²) in [5.41, 5.74) is 0.278. The third-order valence-corrected chi connectivity index (χ3v) is 7.38. The fraction of sp³-hybridized carbons (Fsp3) is 0.957. The van der Waals surface area contributed by atoms with E-state index in [4.69, 9.17) is 4.74 Å². The van der Waals surface area contributed by atoms with Gasteiger partial charge < -0.3 is 25.2 Å². The largest absolute Gasteiger partial charge is 0.379 e. The number of likely N-dealkylation sites (N-methyl/N-ethyl adjacent to an activating group) is 1. The Kier molecular flexibility index (Phi) is 10.2. The molecule has 3 rings (SSSR count). The van der Waals surface area contributed by atoms with E-state index >= 15 is 0 Å². The molecule has 1 saturated carbocycles. The predicted molar refractivity (Wildman–Crippen MR) is 125 cm³/mol. The van der Waals surface area contributed by atoms with E-state index in [9.17, 15) is 0 Å². The minimum Gasteiger partial charge on any atom is -0.379 e. The molecule has 0 amide bonds. The normalized spacial score (nSPS) is 24.7. The maximum atomic E-state index is 5.61. The third-order valence-electron chi connectivity index (χ3n) is 7.38. The van der Waals surface area contributed by atoms with E-state index in [2.05, 4.69) is 37.2 Å². The minimum atomic E-state index is 0.278. The molecule has 7 nitrogen and oxygen atoms in total. The molecule has 2 N–H and O–H groups in total. The lowest BCUT2D eigenvalue weighted by Gasteiger charge is -2.48. The molecule has 0 radical (unpaired) electrons. The van der Waals surface area contributed by atoms with Gasteiger partial charge in [0.25, 0.3) is 0 Å². The van der Waals surface area contributed by atoms with E-state index in [1.807, 2.05) is 7.05 Å². The second kappa shape index (κ2) is 12.8. The van der Waals surface area contributed by atoms with Gasteiger partial charge in [-0.1, -0.05) is 26.2 Å². The lowest BCUT2D eigenvalue weighted by molar-refractivity contribution is -0.0352. The van der Waals surface area contributed by atoms with Crippen LogP contribution >= 0.6 is 0 Å². The Morgan fingerprint density at radius 1 is 0.900 bits per heavy atom. The molecular formula is C23H46N6O. The summed E-state index contributed by atoms with van der Waals surface area (Å²) in [5, 5.41) is 7.22. The lowest BCUT2D eigenvalue weighted by atomic mass is 9.80. The number of hydrogen-bond donors (Lipinski definition) is 2. The van der Waals surface area contributed by atoms with Crippen molar-refractivity contribution < 1.29 is 4.74 Å². The van der Waals surface area contributed by atoms with Crippen molar-refractivity contribution >= 4 is 5.96 Å². The van der Waals surface area contributed by atoms with E-state index < -0.39 is 0 Å². The molecule has 0 bridgehead atoms. The Morgan fingerprint density at radius 3 is 2.27 bits per heavy atom. The van der Waals surface area contributed by atoms with Gasteiger partial charge in [0.05, 0.1) is 13.2 Å². The Morgan fingerprint density at radius 2 is 1.60 bits per heavy atom. The molecule has 0 aromatic carbocycles. The number of ether oxygens (including phenoxy) is 1. The van der Waals surface area contributed by atoms with Crippen molar-refractivity contribution in [3.63, 3.8) is 0 Å². The quantitative estimate of drug-likeness (QED) is 0.334. The third kappa shape index (κ3) is 7.08. The Balaban J connectivity index is 1.34. The molecule has 0 atom stereocenters. The fourth-order valence-electron chi connectivity index (χ4n) is 5.32. The first-order chi connectivity index (χ1) is 14.8. The number of hydrogen-bond acceptors (Lipinski definition) is 5. The molecule has 3 fully saturated rings. The maximum Gasteiger partial charge on any atom is 0.191 e. The number of guanidine groups is 1. The molecule has 0 spiro atoms. The molecule has 174 valence electrons. The van der Waals surface area contributed by atoms with Crippen LogP contribution in [0.2, 0.25) is 0 Å². The Labute approximate surface area is 184 Å². The van der Waals surface area contributed by atoms with Gasteiger partial charge in [-0.2, -0.15) is 0 Å². The van der Waals surface area contributed by atoms with E-state index in [1.165, 1.54) is 84.2 Å². The maximum absolute atomic E-state index is 5.61. The molecule has 0 aromatic heterocycles. The van der Waals surface area contributed by atoms with Crippen LogP contribution < -0.4 is 10.6 Å². The van der Waals surface area contributed by atoms with Gasteiger partial charge in [-0.3, -0.25) is 9.89 Å². The number of aliphatic imine (C=N–C) groups is 1. The highest BCUT2D eigenvalue weighted by molar-refractivity contribution is 5.79. The van der Waals surface area contributed by atoms with Crippen LogP contribution in [-0.2, 0) is 4.74 Å². The van der Waals surface area contributed by atoms with Crippen molar-refractivity contribution in [1.82, 2.24) is 25.3 Å². The average Bonchev–Trinajstić information content (AvgIpc) is 2.82. The summed E-state index contributed by atoms with van der Waals surface area (Å²) in [6.45, 7) is 15.5. The molecule has 7 heteroatoms. The van der Waals surface area contributed by atoms with Crippen molar-refractivity contribution in [2.75, 3.05) is 85.7 Å². The smallest absolute Gasteiger partial charge is 0.191 e. The van der Waals surface area contributed by atoms with Gasteiger partial charge in [-0.15, -0.1) is 0 Å². The van der Waals surface area contributed by atoms with E-state index in [-0.39, 0.29) is 5.54 Å². The molecule has 1 aliphatic carbocycles. The highest BCUT2D eigenvalue weighted by Crippen LogP contribution is 2.33. The van der Waals surface area contributed by atoms with Gasteiger partial charge in [0.2, 0.25) is 0 Å². The average molecular weight is 423 g/mol. The number of morpholine rings is 1. The summed E-state index contributed by atoms with van der Waals surface area (Å²) in [4.78, 5) is 12.3. The molecule has 0 unspecified atom stereocenters. The number of nitrogens with one attached hydrogen (secondary N) is 2. The van der Waals surface area contributed by atoms with Crippen LogP contribution in [0, 0.1) is 0 Å². The SMILES string of the molecule is CCN1CCN(CCCCNC(=NC)NCC2(N3CCOCC3)CCCCC2)CC1. The van der Waals surface area contributed by atoms with Gasteiger partial charge in [0, 0.05) is 64.9 Å². The monoisotopic (exact) mass is 422 g/mol. The minimum absolute atomic E-state index is 0.278. The summed E-state index contributed by atoms with van der Waals surface area (Å²) < 4.78 is 5.61. The Bertz CT molecular complexity index is 494. The molecule has 30 heavy (non-hydrogen) atoms. The first kappa shape index (κ1) is 23.8. The first-order valence-corrected chi connectivity index (χ1v) is 12.5. The van der Waals surface area contributed by atoms with Crippen LogP contribution in [0.25, 0.3) is 0 Å². The highest BCUT2D eigenvalue weighted by Gasteiger charge is 2.38. The highest BCUT2D eigenvalue weighted by atomic mass is 16.5. The van der Waals surface area contributed by atoms with Crippen LogP contribution in [-0.4, -0.2) is 112 Å². The van der Waals surface area contributed by atoms with Crippen LogP contribution in [0.15, 0.2) is 4.99 Å². The molecule has 0 aromatic rings. The first-order valence-electron chi connectivity index (χ1n) is 12.5. The van der Waals surface area contributed by atoms with Crippen LogP contribution in [0.1, 0.15) is 51.9 Å². The Hall–Kier alpha value is -0.890. The molecule has 2 heterocycles. The predicted octanol–water partition coefficient (Wildman–Crippen LogP) is 1.60. The lowest BCUT2D eigenvalue weighted by Crippen LogP contribution is -2.60. The summed E-state index contributed by atoms with van der Waals surface area (Å²) >= 11 is 0. The zero-order valence-corrected chi connectivity index (χ0v) is 19.6. The summed E-state index contributed by atoms with van der Waals surface area (Å²) in [6, 6.07) is 0. The van der Waals surface area contributed by atoms with Crippen molar-refractivity contribution in [1.29, 1.82) is 0 Å². The van der Waals surface area contributed by atoms with Gasteiger partial charge in [-0.05, 0) is 38.8 Å². The summed E-state index contributed by atoms with van der Waals surface area (Å²) in [7, 11) is 1.89. The molecular weight excluding hydrogens is 376 g/mol. The van der Waals surface area contributed by atoms with E-state index in [1.54, 1.807) is 0 Å². The van der Waals surface area contributed by atoms with E-state index in [0.29, 0.717) is 0 Å². The molecule has 3 aliphatic rings. The summed E-state index contributed by atoms with van der Waals surface area (Å²) in [6.07, 6.45) is 9.11. The molecule has 2 aliphatic heterocycles. The topological polar surface area (TPSA) is 55.4 Å². The van der Waals surface area contributed by atoms with Crippen LogP contribution in [0.4, 0.5) is 0 Å². The van der Waals surface area contributed by atoms with Crippen molar-refractivity contribution in [3.05, 3.63) is 0 Å². The fourth-order valence-corrected chi connectivity index (χ4v) is 5.32. The zero-order chi connectivity index (χ0) is 21.1. The zero-order valence-electron chi connectivity index (χ0n) is 19.6. The van der Waals surface area contributed by atoms with Gasteiger partial charge in [0.1, 0.15) is 0 Å².